The standard InChI is InChI=1S/C21H17NO/c1-23-19-13-5-9-15-7-3-11-17(21(15)19)16-10-2-6-14-8-4-12-18(22)20(14)16/h2-13H,22H2,1H3. The van der Waals surface area contributed by atoms with Crippen LogP contribution in [0.25, 0.3) is 32.7 Å². The van der Waals surface area contributed by atoms with Gasteiger partial charge in [-0.25, -0.2) is 0 Å². The lowest BCUT2D eigenvalue weighted by Crippen LogP contribution is -1.92. The first kappa shape index (κ1) is 13.6. The van der Waals surface area contributed by atoms with E-state index in [1.807, 2.05) is 24.3 Å². The molecule has 0 heterocycles. The van der Waals surface area contributed by atoms with Crippen LogP contribution < -0.4 is 10.5 Å². The highest BCUT2D eigenvalue weighted by Gasteiger charge is 2.12. The monoisotopic (exact) mass is 299 g/mol. The van der Waals surface area contributed by atoms with Crippen LogP contribution in [0.4, 0.5) is 5.69 Å². The maximum absolute atomic E-state index is 6.28. The topological polar surface area (TPSA) is 35.2 Å². The number of hydrogen-bond donors (Lipinski definition) is 1. The molecule has 4 aromatic rings. The third-order valence-electron chi connectivity index (χ3n) is 4.31. The highest BCUT2D eigenvalue weighted by atomic mass is 16.5. The molecule has 0 aromatic heterocycles. The number of ether oxygens (including phenoxy) is 1. The van der Waals surface area contributed by atoms with E-state index in [1.54, 1.807) is 7.11 Å². The van der Waals surface area contributed by atoms with Crippen molar-refractivity contribution in [3.8, 4) is 16.9 Å². The van der Waals surface area contributed by atoms with Crippen LogP contribution in [0.1, 0.15) is 0 Å². The van der Waals surface area contributed by atoms with Crippen molar-refractivity contribution >= 4 is 27.2 Å². The molecular weight excluding hydrogens is 282 g/mol. The van der Waals surface area contributed by atoms with Gasteiger partial charge in [0.25, 0.3) is 0 Å². The quantitative estimate of drug-likeness (QED) is 0.513. The van der Waals surface area contributed by atoms with Gasteiger partial charge in [0, 0.05) is 16.5 Å². The molecule has 0 unspecified atom stereocenters. The van der Waals surface area contributed by atoms with Gasteiger partial charge in [-0.05, 0) is 34.0 Å². The fourth-order valence-corrected chi connectivity index (χ4v) is 3.30. The van der Waals surface area contributed by atoms with E-state index in [4.69, 9.17) is 10.5 Å². The number of benzene rings is 4. The molecule has 0 amide bonds. The minimum Gasteiger partial charge on any atom is -0.496 e. The molecule has 2 heteroatoms. The van der Waals surface area contributed by atoms with Crippen molar-refractivity contribution in [2.45, 2.75) is 0 Å². The Morgan fingerprint density at radius 2 is 1.17 bits per heavy atom. The van der Waals surface area contributed by atoms with E-state index < -0.39 is 0 Å². The smallest absolute Gasteiger partial charge is 0.127 e. The first-order chi connectivity index (χ1) is 11.3. The Labute approximate surface area is 135 Å². The molecule has 0 saturated heterocycles. The maximum Gasteiger partial charge on any atom is 0.127 e. The summed E-state index contributed by atoms with van der Waals surface area (Å²) in [5.41, 5.74) is 9.35. The number of rotatable bonds is 2. The van der Waals surface area contributed by atoms with Gasteiger partial charge in [0.2, 0.25) is 0 Å². The normalized spacial score (nSPS) is 11.0. The average molecular weight is 299 g/mol. The van der Waals surface area contributed by atoms with Gasteiger partial charge in [-0.15, -0.1) is 0 Å². The molecule has 0 atom stereocenters. The maximum atomic E-state index is 6.28. The number of methoxy groups -OCH3 is 1. The first-order valence-electron chi connectivity index (χ1n) is 7.63. The Morgan fingerprint density at radius 3 is 1.83 bits per heavy atom. The van der Waals surface area contributed by atoms with Gasteiger partial charge in [-0.3, -0.25) is 0 Å². The number of fused-ring (bicyclic) bond motifs is 2. The summed E-state index contributed by atoms with van der Waals surface area (Å²) in [4.78, 5) is 0. The van der Waals surface area contributed by atoms with Crippen LogP contribution in [-0.2, 0) is 0 Å². The lowest BCUT2D eigenvalue weighted by Gasteiger charge is -2.14. The van der Waals surface area contributed by atoms with E-state index in [0.717, 1.165) is 44.1 Å². The summed E-state index contributed by atoms with van der Waals surface area (Å²) in [5, 5.41) is 4.52. The second-order valence-electron chi connectivity index (χ2n) is 5.61. The summed E-state index contributed by atoms with van der Waals surface area (Å²) in [6.07, 6.45) is 0. The van der Waals surface area contributed by atoms with E-state index in [1.165, 1.54) is 0 Å². The van der Waals surface area contributed by atoms with Crippen molar-refractivity contribution in [1.82, 2.24) is 0 Å². The third-order valence-corrected chi connectivity index (χ3v) is 4.31. The van der Waals surface area contributed by atoms with Crippen LogP contribution in [-0.4, -0.2) is 7.11 Å². The van der Waals surface area contributed by atoms with Gasteiger partial charge >= 0.3 is 0 Å². The van der Waals surface area contributed by atoms with Crippen molar-refractivity contribution in [3.05, 3.63) is 72.8 Å². The summed E-state index contributed by atoms with van der Waals surface area (Å²) < 4.78 is 5.60. The lowest BCUT2D eigenvalue weighted by molar-refractivity contribution is 0.420. The van der Waals surface area contributed by atoms with Crippen LogP contribution >= 0.6 is 0 Å². The third kappa shape index (κ3) is 2.11. The zero-order chi connectivity index (χ0) is 15.8. The zero-order valence-electron chi connectivity index (χ0n) is 12.9. The zero-order valence-corrected chi connectivity index (χ0v) is 12.9. The second-order valence-corrected chi connectivity index (χ2v) is 5.61. The fraction of sp³-hybridized carbons (Fsp3) is 0.0476. The summed E-state index contributed by atoms with van der Waals surface area (Å²) in [7, 11) is 1.71. The fourth-order valence-electron chi connectivity index (χ4n) is 3.30. The largest absolute Gasteiger partial charge is 0.496 e. The predicted octanol–water partition coefficient (Wildman–Crippen LogP) is 5.25. The highest BCUT2D eigenvalue weighted by molar-refractivity contribution is 6.11. The lowest BCUT2D eigenvalue weighted by atomic mass is 9.93. The molecule has 0 aliphatic rings. The average Bonchev–Trinajstić information content (AvgIpc) is 2.60. The molecule has 0 bridgehead atoms. The summed E-state index contributed by atoms with van der Waals surface area (Å²) in [5.74, 6) is 0.879. The Morgan fingerprint density at radius 1 is 0.652 bits per heavy atom. The number of nitrogens with two attached hydrogens (primary N) is 1. The minimum atomic E-state index is 0.796. The minimum absolute atomic E-state index is 0.796. The van der Waals surface area contributed by atoms with Crippen LogP contribution in [0, 0.1) is 0 Å². The van der Waals surface area contributed by atoms with Crippen molar-refractivity contribution < 1.29 is 4.74 Å². The summed E-state index contributed by atoms with van der Waals surface area (Å²) in [6, 6.07) is 24.8. The number of nitrogen functional groups attached to an aromatic ring is 1. The predicted molar refractivity (Wildman–Crippen MR) is 97.9 cm³/mol. The molecule has 2 N–H and O–H groups in total. The van der Waals surface area contributed by atoms with Crippen LogP contribution in [0.3, 0.4) is 0 Å². The molecule has 0 aliphatic carbocycles. The molecule has 2 nitrogen and oxygen atoms in total. The van der Waals surface area contributed by atoms with Crippen LogP contribution in [0.2, 0.25) is 0 Å². The highest BCUT2D eigenvalue weighted by Crippen LogP contribution is 2.39. The second kappa shape index (κ2) is 5.33. The molecule has 0 spiro atoms. The Balaban J connectivity index is 2.16. The SMILES string of the molecule is COc1cccc2cccc(-c3cccc4cccc(N)c34)c12. The van der Waals surface area contributed by atoms with E-state index in [2.05, 4.69) is 48.5 Å². The Hall–Kier alpha value is -3.00. The van der Waals surface area contributed by atoms with E-state index in [0.29, 0.717) is 0 Å². The van der Waals surface area contributed by atoms with E-state index in [-0.39, 0.29) is 0 Å². The van der Waals surface area contributed by atoms with Crippen molar-refractivity contribution in [3.63, 3.8) is 0 Å². The summed E-state index contributed by atoms with van der Waals surface area (Å²) in [6.45, 7) is 0. The summed E-state index contributed by atoms with van der Waals surface area (Å²) >= 11 is 0. The van der Waals surface area contributed by atoms with Crippen LogP contribution in [0.5, 0.6) is 5.75 Å². The van der Waals surface area contributed by atoms with Gasteiger partial charge in [-0.1, -0.05) is 60.7 Å². The Bertz CT molecular complexity index is 1010. The molecule has 23 heavy (non-hydrogen) atoms. The molecule has 0 saturated carbocycles. The molecule has 0 aliphatic heterocycles. The van der Waals surface area contributed by atoms with Gasteiger partial charge < -0.3 is 10.5 Å². The number of anilines is 1. The van der Waals surface area contributed by atoms with Gasteiger partial charge in [-0.2, -0.15) is 0 Å². The molecule has 112 valence electrons. The van der Waals surface area contributed by atoms with E-state index >= 15 is 0 Å². The van der Waals surface area contributed by atoms with Crippen LogP contribution in [0.15, 0.2) is 72.8 Å². The Kier molecular flexibility index (Phi) is 3.16. The van der Waals surface area contributed by atoms with E-state index in [9.17, 15) is 0 Å². The molecule has 0 fully saturated rings. The van der Waals surface area contributed by atoms with Crippen molar-refractivity contribution in [2.75, 3.05) is 12.8 Å². The van der Waals surface area contributed by atoms with Gasteiger partial charge in [0.05, 0.1) is 7.11 Å². The molecular formula is C21H17NO. The molecule has 4 rings (SSSR count). The van der Waals surface area contributed by atoms with Gasteiger partial charge in [0.1, 0.15) is 5.75 Å². The molecule has 0 radical (unpaired) electrons. The van der Waals surface area contributed by atoms with Crippen molar-refractivity contribution in [1.29, 1.82) is 0 Å². The number of hydrogen-bond acceptors (Lipinski definition) is 2. The van der Waals surface area contributed by atoms with Crippen molar-refractivity contribution in [2.24, 2.45) is 0 Å². The van der Waals surface area contributed by atoms with Gasteiger partial charge in [0.15, 0.2) is 0 Å². The molecule has 4 aromatic carbocycles. The first-order valence-corrected chi connectivity index (χ1v) is 7.63.